The van der Waals surface area contributed by atoms with Crippen LogP contribution in [-0.2, 0) is 18.1 Å². The van der Waals surface area contributed by atoms with Gasteiger partial charge in [-0.2, -0.15) is 0 Å². The topological polar surface area (TPSA) is 49.2 Å². The van der Waals surface area contributed by atoms with Crippen molar-refractivity contribution >= 4 is 30.7 Å². The highest BCUT2D eigenvalue weighted by atomic mass is 35.5. The molecule has 0 aliphatic carbocycles. The molecule has 7 heteroatoms. The fraction of sp³-hybridized carbons (Fsp3) is 0.280. The van der Waals surface area contributed by atoms with Crippen LogP contribution in [0.2, 0.25) is 30.8 Å². The molecule has 4 aromatic rings. The van der Waals surface area contributed by atoms with Gasteiger partial charge in [0.25, 0.3) is 0 Å². The van der Waals surface area contributed by atoms with E-state index in [9.17, 15) is 0 Å². The van der Waals surface area contributed by atoms with Crippen LogP contribution >= 0.6 is 11.6 Å². The number of ether oxygens (including phenoxy) is 2. The second kappa shape index (κ2) is 9.86. The predicted octanol–water partition coefficient (Wildman–Crippen LogP) is 6.64. The average molecular weight is 466 g/mol. The molecule has 2 aromatic carbocycles. The standard InChI is InChI=1S/C25H28ClN3O2Si/c1-32(2,3)14-13-30-18-29-15-22(23-24(26)27-17-28-25(23)29)20-9-11-21(12-10-20)31-16-19-7-5-4-6-8-19/h4-12,15,17H,13-14,16,18H2,1-3H3. The van der Waals surface area contributed by atoms with Crippen LogP contribution in [0.15, 0.2) is 67.1 Å². The minimum atomic E-state index is -1.13. The van der Waals surface area contributed by atoms with Gasteiger partial charge in [-0.1, -0.05) is 73.7 Å². The largest absolute Gasteiger partial charge is 0.489 e. The second-order valence-corrected chi connectivity index (χ2v) is 15.0. The summed E-state index contributed by atoms with van der Waals surface area (Å²) in [4.78, 5) is 8.66. The zero-order chi connectivity index (χ0) is 22.6. The van der Waals surface area contributed by atoms with Crippen molar-refractivity contribution in [2.75, 3.05) is 6.61 Å². The molecule has 5 nitrogen and oxygen atoms in total. The van der Waals surface area contributed by atoms with E-state index >= 15 is 0 Å². The molecule has 0 saturated heterocycles. The quantitative estimate of drug-likeness (QED) is 0.158. The van der Waals surface area contributed by atoms with Crippen molar-refractivity contribution in [1.29, 1.82) is 0 Å². The zero-order valence-corrected chi connectivity index (χ0v) is 20.5. The summed E-state index contributed by atoms with van der Waals surface area (Å²) in [7, 11) is -1.13. The Kier molecular flexibility index (Phi) is 6.94. The summed E-state index contributed by atoms with van der Waals surface area (Å²) < 4.78 is 13.9. The molecule has 0 aliphatic rings. The molecule has 2 heterocycles. The van der Waals surface area contributed by atoms with Gasteiger partial charge in [0, 0.05) is 26.4 Å². The molecule has 2 aromatic heterocycles. The molecule has 0 aliphatic heterocycles. The maximum atomic E-state index is 6.47. The van der Waals surface area contributed by atoms with Gasteiger partial charge in [0.1, 0.15) is 36.2 Å². The Hall–Kier alpha value is -2.67. The zero-order valence-electron chi connectivity index (χ0n) is 18.7. The van der Waals surface area contributed by atoms with E-state index in [-0.39, 0.29) is 0 Å². The molecule has 0 amide bonds. The van der Waals surface area contributed by atoms with Crippen LogP contribution in [0.5, 0.6) is 5.75 Å². The first-order valence-corrected chi connectivity index (χ1v) is 14.8. The molecule has 0 saturated carbocycles. The summed E-state index contributed by atoms with van der Waals surface area (Å²) in [5, 5.41) is 1.27. The fourth-order valence-electron chi connectivity index (χ4n) is 3.42. The second-order valence-electron chi connectivity index (χ2n) is 9.02. The Morgan fingerprint density at radius 3 is 2.44 bits per heavy atom. The van der Waals surface area contributed by atoms with E-state index in [0.29, 0.717) is 18.5 Å². The monoisotopic (exact) mass is 465 g/mol. The first kappa shape index (κ1) is 22.5. The molecule has 0 atom stereocenters. The lowest BCUT2D eigenvalue weighted by molar-refractivity contribution is 0.0899. The lowest BCUT2D eigenvalue weighted by Gasteiger charge is -2.15. The number of benzene rings is 2. The molecule has 0 spiro atoms. The van der Waals surface area contributed by atoms with Crippen molar-refractivity contribution in [3.63, 3.8) is 0 Å². The van der Waals surface area contributed by atoms with Crippen molar-refractivity contribution in [3.8, 4) is 16.9 Å². The van der Waals surface area contributed by atoms with Crippen LogP contribution in [0.25, 0.3) is 22.2 Å². The highest BCUT2D eigenvalue weighted by molar-refractivity contribution is 6.76. The highest BCUT2D eigenvalue weighted by Gasteiger charge is 2.16. The number of nitrogens with zero attached hydrogens (tertiary/aromatic N) is 3. The van der Waals surface area contributed by atoms with Crippen LogP contribution in [0.3, 0.4) is 0 Å². The van der Waals surface area contributed by atoms with E-state index in [2.05, 4.69) is 41.7 Å². The minimum absolute atomic E-state index is 0.437. The summed E-state index contributed by atoms with van der Waals surface area (Å²) in [6.07, 6.45) is 3.53. The van der Waals surface area contributed by atoms with Crippen LogP contribution < -0.4 is 4.74 Å². The number of aromatic nitrogens is 3. The van der Waals surface area contributed by atoms with Gasteiger partial charge in [-0.05, 0) is 29.3 Å². The van der Waals surface area contributed by atoms with Gasteiger partial charge in [-0.3, -0.25) is 0 Å². The van der Waals surface area contributed by atoms with Gasteiger partial charge >= 0.3 is 0 Å². The molecule has 32 heavy (non-hydrogen) atoms. The Bertz CT molecular complexity index is 1170. The smallest absolute Gasteiger partial charge is 0.147 e. The van der Waals surface area contributed by atoms with Gasteiger partial charge in [0.15, 0.2) is 0 Å². The molecule has 0 unspecified atom stereocenters. The number of hydrogen-bond donors (Lipinski definition) is 0. The summed E-state index contributed by atoms with van der Waals surface area (Å²) in [6.45, 7) is 8.76. The van der Waals surface area contributed by atoms with Crippen molar-refractivity contribution in [1.82, 2.24) is 14.5 Å². The highest BCUT2D eigenvalue weighted by Crippen LogP contribution is 2.34. The molecule has 0 radical (unpaired) electrons. The number of hydrogen-bond acceptors (Lipinski definition) is 4. The van der Waals surface area contributed by atoms with E-state index in [1.165, 1.54) is 6.33 Å². The number of fused-ring (bicyclic) bond motifs is 1. The maximum Gasteiger partial charge on any atom is 0.147 e. The normalized spacial score (nSPS) is 11.8. The molecular formula is C25H28ClN3O2Si. The molecule has 0 fully saturated rings. The molecule has 4 rings (SSSR count). The Balaban J connectivity index is 1.53. The summed E-state index contributed by atoms with van der Waals surface area (Å²) in [5.74, 6) is 0.818. The van der Waals surface area contributed by atoms with Crippen molar-refractivity contribution in [2.45, 2.75) is 39.0 Å². The van der Waals surface area contributed by atoms with Crippen molar-refractivity contribution in [2.24, 2.45) is 0 Å². The maximum absolute atomic E-state index is 6.47. The van der Waals surface area contributed by atoms with E-state index in [4.69, 9.17) is 21.1 Å². The first-order valence-electron chi connectivity index (χ1n) is 10.7. The Morgan fingerprint density at radius 1 is 0.969 bits per heavy atom. The average Bonchev–Trinajstić information content (AvgIpc) is 3.16. The molecule has 166 valence electrons. The van der Waals surface area contributed by atoms with Gasteiger partial charge in [0.2, 0.25) is 0 Å². The number of halogens is 1. The molecule has 0 N–H and O–H groups in total. The van der Waals surface area contributed by atoms with Gasteiger partial charge in [-0.25, -0.2) is 9.97 Å². The van der Waals surface area contributed by atoms with E-state index in [1.54, 1.807) is 0 Å². The lowest BCUT2D eigenvalue weighted by Crippen LogP contribution is -2.22. The predicted molar refractivity (Wildman–Crippen MR) is 133 cm³/mol. The van der Waals surface area contributed by atoms with Crippen LogP contribution in [-0.4, -0.2) is 29.2 Å². The van der Waals surface area contributed by atoms with E-state index in [1.807, 2.05) is 53.2 Å². The molecule has 0 bridgehead atoms. The summed E-state index contributed by atoms with van der Waals surface area (Å²) >= 11 is 6.47. The van der Waals surface area contributed by atoms with Crippen LogP contribution in [0.1, 0.15) is 5.56 Å². The van der Waals surface area contributed by atoms with E-state index in [0.717, 1.165) is 46.1 Å². The van der Waals surface area contributed by atoms with Crippen LogP contribution in [0, 0.1) is 0 Å². The minimum Gasteiger partial charge on any atom is -0.489 e. The van der Waals surface area contributed by atoms with E-state index < -0.39 is 8.07 Å². The van der Waals surface area contributed by atoms with Gasteiger partial charge in [-0.15, -0.1) is 0 Å². The summed E-state index contributed by atoms with van der Waals surface area (Å²) in [6, 6.07) is 19.3. The van der Waals surface area contributed by atoms with Crippen LogP contribution in [0.4, 0.5) is 0 Å². The molecular weight excluding hydrogens is 438 g/mol. The Morgan fingerprint density at radius 2 is 1.72 bits per heavy atom. The third kappa shape index (κ3) is 5.57. The van der Waals surface area contributed by atoms with Crippen molar-refractivity contribution < 1.29 is 9.47 Å². The third-order valence-electron chi connectivity index (χ3n) is 5.25. The van der Waals surface area contributed by atoms with Gasteiger partial charge in [0.05, 0.1) is 5.39 Å². The number of rotatable bonds is 9. The lowest BCUT2D eigenvalue weighted by atomic mass is 10.1. The fourth-order valence-corrected chi connectivity index (χ4v) is 4.40. The first-order chi connectivity index (χ1) is 15.4. The summed E-state index contributed by atoms with van der Waals surface area (Å²) in [5.41, 5.74) is 3.92. The van der Waals surface area contributed by atoms with Crippen molar-refractivity contribution in [3.05, 3.63) is 77.8 Å². The third-order valence-corrected chi connectivity index (χ3v) is 7.24. The Labute approximate surface area is 195 Å². The van der Waals surface area contributed by atoms with Gasteiger partial charge < -0.3 is 14.0 Å². The SMILES string of the molecule is C[Si](C)(C)CCOCn1cc(-c2ccc(OCc3ccccc3)cc2)c2c(Cl)ncnc21.